The Balaban J connectivity index is 1.87. The van der Waals surface area contributed by atoms with Crippen molar-refractivity contribution < 1.29 is 14.3 Å². The van der Waals surface area contributed by atoms with Crippen LogP contribution in [0.5, 0.6) is 0 Å². The second kappa shape index (κ2) is 7.98. The number of carbonyl (C=O) groups excluding carboxylic acids is 1. The van der Waals surface area contributed by atoms with Gasteiger partial charge in [-0.1, -0.05) is 11.6 Å². The molecule has 1 aromatic heterocycles. The zero-order chi connectivity index (χ0) is 15.9. The Morgan fingerprint density at radius 2 is 2.00 bits per heavy atom. The number of aliphatic hydroxyl groups is 1. The molecule has 2 aromatic rings. The van der Waals surface area contributed by atoms with Crippen LogP contribution in [-0.2, 0) is 11.3 Å². The number of benzene rings is 1. The standard InChI is InChI=1S/C16H19ClN2O3/c1-19(8-9-20)11-16(21)18-10-14-6-7-15(22-14)12-2-4-13(17)5-3-12/h2-7,20H,8-11H2,1H3,(H,18,21). The lowest BCUT2D eigenvalue weighted by Gasteiger charge is -2.14. The minimum atomic E-state index is -0.111. The van der Waals surface area contributed by atoms with Crippen LogP contribution in [0.4, 0.5) is 0 Å². The summed E-state index contributed by atoms with van der Waals surface area (Å²) in [6.45, 7) is 1.08. The molecule has 2 rings (SSSR count). The van der Waals surface area contributed by atoms with Crippen LogP contribution >= 0.6 is 11.6 Å². The fraction of sp³-hybridized carbons (Fsp3) is 0.312. The maximum absolute atomic E-state index is 11.7. The van der Waals surface area contributed by atoms with Gasteiger partial charge >= 0.3 is 0 Å². The summed E-state index contributed by atoms with van der Waals surface area (Å²) in [5, 5.41) is 12.2. The normalized spacial score (nSPS) is 10.9. The summed E-state index contributed by atoms with van der Waals surface area (Å²) in [5.41, 5.74) is 0.935. The minimum absolute atomic E-state index is 0.0341. The van der Waals surface area contributed by atoms with E-state index < -0.39 is 0 Å². The number of halogens is 1. The van der Waals surface area contributed by atoms with Crippen molar-refractivity contribution in [1.29, 1.82) is 0 Å². The van der Waals surface area contributed by atoms with Crippen molar-refractivity contribution >= 4 is 17.5 Å². The van der Waals surface area contributed by atoms with Crippen LogP contribution < -0.4 is 5.32 Å². The molecule has 1 amide bonds. The molecule has 0 saturated heterocycles. The van der Waals surface area contributed by atoms with E-state index in [0.717, 1.165) is 11.3 Å². The molecule has 1 heterocycles. The van der Waals surface area contributed by atoms with Crippen LogP contribution in [0.2, 0.25) is 5.02 Å². The van der Waals surface area contributed by atoms with Crippen LogP contribution in [0.1, 0.15) is 5.76 Å². The van der Waals surface area contributed by atoms with Crippen molar-refractivity contribution in [3.05, 3.63) is 47.2 Å². The van der Waals surface area contributed by atoms with Gasteiger partial charge in [0.2, 0.25) is 5.91 Å². The van der Waals surface area contributed by atoms with Crippen LogP contribution in [0.15, 0.2) is 40.8 Å². The van der Waals surface area contributed by atoms with Crippen LogP contribution in [0.25, 0.3) is 11.3 Å². The number of aliphatic hydroxyl groups excluding tert-OH is 1. The number of hydrogen-bond acceptors (Lipinski definition) is 4. The summed E-state index contributed by atoms with van der Waals surface area (Å²) in [4.78, 5) is 13.5. The topological polar surface area (TPSA) is 65.7 Å². The number of likely N-dealkylation sites (N-methyl/N-ethyl adjacent to an activating group) is 1. The van der Waals surface area contributed by atoms with Crippen molar-refractivity contribution in [3.63, 3.8) is 0 Å². The molecule has 0 atom stereocenters. The lowest BCUT2D eigenvalue weighted by Crippen LogP contribution is -2.35. The fourth-order valence-corrected chi connectivity index (χ4v) is 2.10. The molecule has 0 fully saturated rings. The van der Waals surface area contributed by atoms with Crippen molar-refractivity contribution in [3.8, 4) is 11.3 Å². The Labute approximate surface area is 134 Å². The molecule has 0 spiro atoms. The lowest BCUT2D eigenvalue weighted by atomic mass is 10.2. The highest BCUT2D eigenvalue weighted by Gasteiger charge is 2.08. The molecular formula is C16H19ClN2O3. The number of nitrogens with one attached hydrogen (secondary N) is 1. The molecule has 6 heteroatoms. The van der Waals surface area contributed by atoms with Crippen LogP contribution in [0.3, 0.4) is 0 Å². The van der Waals surface area contributed by atoms with Gasteiger partial charge in [0.25, 0.3) is 0 Å². The smallest absolute Gasteiger partial charge is 0.234 e. The monoisotopic (exact) mass is 322 g/mol. The summed E-state index contributed by atoms with van der Waals surface area (Å²) in [6.07, 6.45) is 0. The quantitative estimate of drug-likeness (QED) is 0.819. The van der Waals surface area contributed by atoms with Crippen molar-refractivity contribution in [2.24, 2.45) is 0 Å². The van der Waals surface area contributed by atoms with Gasteiger partial charge in [0.05, 0.1) is 19.7 Å². The molecule has 5 nitrogen and oxygen atoms in total. The first-order valence-corrected chi connectivity index (χ1v) is 7.37. The third-order valence-electron chi connectivity index (χ3n) is 3.15. The Hall–Kier alpha value is -1.82. The number of furan rings is 1. The highest BCUT2D eigenvalue weighted by Crippen LogP contribution is 2.23. The third kappa shape index (κ3) is 4.87. The SMILES string of the molecule is CN(CCO)CC(=O)NCc1ccc(-c2ccc(Cl)cc2)o1. The van der Waals surface area contributed by atoms with E-state index in [1.54, 1.807) is 24.1 Å². The Bertz CT molecular complexity index is 610. The molecule has 0 aliphatic rings. The average molecular weight is 323 g/mol. The number of nitrogens with zero attached hydrogens (tertiary/aromatic N) is 1. The van der Waals surface area contributed by atoms with Crippen molar-refractivity contribution in [1.82, 2.24) is 10.2 Å². The van der Waals surface area contributed by atoms with Gasteiger partial charge in [-0.25, -0.2) is 0 Å². The largest absolute Gasteiger partial charge is 0.459 e. The number of hydrogen-bond donors (Lipinski definition) is 2. The molecule has 0 aliphatic heterocycles. The average Bonchev–Trinajstić information content (AvgIpc) is 2.95. The van der Waals surface area contributed by atoms with Gasteiger partial charge in [0.15, 0.2) is 0 Å². The molecule has 0 saturated carbocycles. The van der Waals surface area contributed by atoms with Crippen molar-refractivity contribution in [2.45, 2.75) is 6.54 Å². The first-order chi connectivity index (χ1) is 10.6. The first kappa shape index (κ1) is 16.5. The summed E-state index contributed by atoms with van der Waals surface area (Å²) in [6, 6.07) is 11.1. The molecule has 0 bridgehead atoms. The predicted octanol–water partition coefficient (Wildman–Crippen LogP) is 2.14. The number of rotatable bonds is 7. The predicted molar refractivity (Wildman–Crippen MR) is 85.6 cm³/mol. The van der Waals surface area contributed by atoms with Crippen molar-refractivity contribution in [2.75, 3.05) is 26.7 Å². The molecule has 118 valence electrons. The molecular weight excluding hydrogens is 304 g/mol. The molecule has 2 N–H and O–H groups in total. The summed E-state index contributed by atoms with van der Waals surface area (Å²) in [5.74, 6) is 1.31. The van der Waals surface area contributed by atoms with E-state index >= 15 is 0 Å². The lowest BCUT2D eigenvalue weighted by molar-refractivity contribution is -0.122. The summed E-state index contributed by atoms with van der Waals surface area (Å²) >= 11 is 5.86. The fourth-order valence-electron chi connectivity index (χ4n) is 1.98. The van der Waals surface area contributed by atoms with E-state index in [0.29, 0.717) is 23.9 Å². The van der Waals surface area contributed by atoms with Gasteiger partial charge in [0.1, 0.15) is 11.5 Å². The zero-order valence-electron chi connectivity index (χ0n) is 12.4. The molecule has 0 radical (unpaired) electrons. The Morgan fingerprint density at radius 3 is 2.68 bits per heavy atom. The van der Waals surface area contributed by atoms with E-state index in [-0.39, 0.29) is 19.1 Å². The van der Waals surface area contributed by atoms with Crippen LogP contribution in [0, 0.1) is 0 Å². The van der Waals surface area contributed by atoms with Gasteiger partial charge < -0.3 is 14.8 Å². The van der Waals surface area contributed by atoms with Crippen LogP contribution in [-0.4, -0.2) is 42.7 Å². The van der Waals surface area contributed by atoms with E-state index in [1.165, 1.54) is 0 Å². The molecule has 1 aromatic carbocycles. The summed E-state index contributed by atoms with van der Waals surface area (Å²) < 4.78 is 5.70. The third-order valence-corrected chi connectivity index (χ3v) is 3.40. The van der Waals surface area contributed by atoms with Gasteiger partial charge in [-0.15, -0.1) is 0 Å². The van der Waals surface area contributed by atoms with Gasteiger partial charge in [-0.05, 0) is 43.4 Å². The number of carbonyl (C=O) groups is 1. The van der Waals surface area contributed by atoms with Gasteiger partial charge in [-0.3, -0.25) is 9.69 Å². The zero-order valence-corrected chi connectivity index (χ0v) is 13.1. The first-order valence-electron chi connectivity index (χ1n) is 6.99. The second-order valence-corrected chi connectivity index (χ2v) is 5.45. The maximum Gasteiger partial charge on any atom is 0.234 e. The van der Waals surface area contributed by atoms with E-state index in [1.807, 2.05) is 24.3 Å². The minimum Gasteiger partial charge on any atom is -0.459 e. The van der Waals surface area contributed by atoms with E-state index in [4.69, 9.17) is 21.1 Å². The molecule has 0 aliphatic carbocycles. The highest BCUT2D eigenvalue weighted by atomic mass is 35.5. The maximum atomic E-state index is 11.7. The Kier molecular flexibility index (Phi) is 6.00. The summed E-state index contributed by atoms with van der Waals surface area (Å²) in [7, 11) is 1.78. The van der Waals surface area contributed by atoms with E-state index in [2.05, 4.69) is 5.32 Å². The second-order valence-electron chi connectivity index (χ2n) is 5.01. The van der Waals surface area contributed by atoms with E-state index in [9.17, 15) is 4.79 Å². The van der Waals surface area contributed by atoms with Gasteiger partial charge in [0, 0.05) is 17.1 Å². The molecule has 0 unspecified atom stereocenters. The Morgan fingerprint density at radius 1 is 1.27 bits per heavy atom. The van der Waals surface area contributed by atoms with Gasteiger partial charge in [-0.2, -0.15) is 0 Å². The molecule has 22 heavy (non-hydrogen) atoms. The highest BCUT2D eigenvalue weighted by molar-refractivity contribution is 6.30. The number of amides is 1.